The van der Waals surface area contributed by atoms with E-state index in [4.69, 9.17) is 0 Å². The van der Waals surface area contributed by atoms with Gasteiger partial charge in [-0.2, -0.15) is 0 Å². The van der Waals surface area contributed by atoms with Gasteiger partial charge in [-0.05, 0) is 35.2 Å². The highest BCUT2D eigenvalue weighted by Crippen LogP contribution is 2.43. The fourth-order valence-corrected chi connectivity index (χ4v) is 3.73. The standard InChI is InChI=1S/C20H30O2/c1-19(2,3)15-12-14(13-10-8-7-9-11-13)16(20(4,5)6)18(22)17(15)21/h12-13H,7-11H2,1-6H3. The Labute approximate surface area is 135 Å². The second-order valence-corrected chi connectivity index (χ2v) is 8.88. The third-order valence-corrected chi connectivity index (χ3v) is 4.87. The molecule has 0 spiro atoms. The molecule has 0 N–H and O–H groups in total. The number of rotatable bonds is 1. The van der Waals surface area contributed by atoms with Gasteiger partial charge in [-0.15, -0.1) is 0 Å². The molecule has 0 aromatic carbocycles. The van der Waals surface area contributed by atoms with Gasteiger partial charge < -0.3 is 0 Å². The highest BCUT2D eigenvalue weighted by molar-refractivity contribution is 6.50. The van der Waals surface area contributed by atoms with Gasteiger partial charge in [0, 0.05) is 11.1 Å². The van der Waals surface area contributed by atoms with Gasteiger partial charge in [-0.3, -0.25) is 9.59 Å². The van der Waals surface area contributed by atoms with Crippen molar-refractivity contribution >= 4 is 11.6 Å². The average molecular weight is 302 g/mol. The Morgan fingerprint density at radius 3 is 1.82 bits per heavy atom. The highest BCUT2D eigenvalue weighted by Gasteiger charge is 2.40. The van der Waals surface area contributed by atoms with Crippen molar-refractivity contribution in [3.8, 4) is 0 Å². The van der Waals surface area contributed by atoms with E-state index < -0.39 is 0 Å². The van der Waals surface area contributed by atoms with Crippen LogP contribution in [0.4, 0.5) is 0 Å². The van der Waals surface area contributed by atoms with E-state index in [0.717, 1.165) is 24.0 Å². The quantitative estimate of drug-likeness (QED) is 0.502. The molecule has 0 radical (unpaired) electrons. The summed E-state index contributed by atoms with van der Waals surface area (Å²) in [4.78, 5) is 25.4. The molecule has 0 unspecified atom stereocenters. The molecule has 0 amide bonds. The molecule has 2 aliphatic carbocycles. The molecule has 0 bridgehead atoms. The molecule has 0 aliphatic heterocycles. The first-order valence-corrected chi connectivity index (χ1v) is 8.59. The average Bonchev–Trinajstić information content (AvgIpc) is 2.39. The molecule has 2 aliphatic rings. The lowest BCUT2D eigenvalue weighted by Crippen LogP contribution is -2.35. The van der Waals surface area contributed by atoms with Gasteiger partial charge in [0.2, 0.25) is 11.6 Å². The van der Waals surface area contributed by atoms with Crippen LogP contribution in [0.1, 0.15) is 73.6 Å². The summed E-state index contributed by atoms with van der Waals surface area (Å²) in [5.74, 6) is -0.116. The van der Waals surface area contributed by atoms with Crippen molar-refractivity contribution in [3.63, 3.8) is 0 Å². The van der Waals surface area contributed by atoms with Gasteiger partial charge in [0.1, 0.15) is 0 Å². The number of carbonyl (C=O) groups is 2. The number of allylic oxidation sites excluding steroid dienone is 4. The Balaban J connectivity index is 2.61. The molecule has 2 rings (SSSR count). The largest absolute Gasteiger partial charge is 0.285 e. The first-order chi connectivity index (χ1) is 10.0. The van der Waals surface area contributed by atoms with E-state index in [1.165, 1.54) is 19.3 Å². The van der Waals surface area contributed by atoms with Gasteiger partial charge in [-0.25, -0.2) is 0 Å². The fraction of sp³-hybridized carbons (Fsp3) is 0.700. The first-order valence-electron chi connectivity index (χ1n) is 8.59. The predicted molar refractivity (Wildman–Crippen MR) is 90.6 cm³/mol. The summed E-state index contributed by atoms with van der Waals surface area (Å²) < 4.78 is 0. The normalized spacial score (nSPS) is 22.2. The van der Waals surface area contributed by atoms with Crippen LogP contribution in [0.15, 0.2) is 22.8 Å². The maximum absolute atomic E-state index is 12.8. The van der Waals surface area contributed by atoms with E-state index in [2.05, 4.69) is 6.08 Å². The lowest BCUT2D eigenvalue weighted by molar-refractivity contribution is -0.133. The van der Waals surface area contributed by atoms with Crippen LogP contribution in [0.5, 0.6) is 0 Å². The monoisotopic (exact) mass is 302 g/mol. The van der Waals surface area contributed by atoms with Crippen molar-refractivity contribution in [2.75, 3.05) is 0 Å². The SMILES string of the molecule is CC(C)(C)C1=CC(C2CCCCC2)=C(C(C)(C)C)C(=O)C1=O. The smallest absolute Gasteiger partial charge is 0.230 e. The van der Waals surface area contributed by atoms with Crippen LogP contribution in [0.2, 0.25) is 0 Å². The summed E-state index contributed by atoms with van der Waals surface area (Å²) in [5.41, 5.74) is 2.04. The van der Waals surface area contributed by atoms with Crippen LogP contribution < -0.4 is 0 Å². The van der Waals surface area contributed by atoms with Gasteiger partial charge in [0.05, 0.1) is 0 Å². The van der Waals surface area contributed by atoms with E-state index in [1.54, 1.807) is 0 Å². The van der Waals surface area contributed by atoms with Crippen LogP contribution >= 0.6 is 0 Å². The van der Waals surface area contributed by atoms with Crippen LogP contribution in [0.3, 0.4) is 0 Å². The molecule has 0 aromatic heterocycles. The summed E-state index contributed by atoms with van der Waals surface area (Å²) in [7, 11) is 0. The van der Waals surface area contributed by atoms with E-state index in [1.807, 2.05) is 41.5 Å². The second-order valence-electron chi connectivity index (χ2n) is 8.88. The lowest BCUT2D eigenvalue weighted by atomic mass is 9.67. The van der Waals surface area contributed by atoms with Crippen LogP contribution in [-0.2, 0) is 9.59 Å². The van der Waals surface area contributed by atoms with Crippen molar-refractivity contribution in [2.45, 2.75) is 73.6 Å². The van der Waals surface area contributed by atoms with E-state index in [-0.39, 0.29) is 22.4 Å². The molecule has 0 atom stereocenters. The van der Waals surface area contributed by atoms with Gasteiger partial charge >= 0.3 is 0 Å². The van der Waals surface area contributed by atoms with Gasteiger partial charge in [0.25, 0.3) is 0 Å². The van der Waals surface area contributed by atoms with Gasteiger partial charge in [0.15, 0.2) is 0 Å². The predicted octanol–water partition coefficient (Wildman–Crippen LogP) is 5.03. The summed E-state index contributed by atoms with van der Waals surface area (Å²) in [6.45, 7) is 12.2. The topological polar surface area (TPSA) is 34.1 Å². The maximum atomic E-state index is 12.8. The summed E-state index contributed by atoms with van der Waals surface area (Å²) in [5, 5.41) is 0. The van der Waals surface area contributed by atoms with E-state index >= 15 is 0 Å². The summed E-state index contributed by atoms with van der Waals surface area (Å²) >= 11 is 0. The maximum Gasteiger partial charge on any atom is 0.230 e. The van der Waals surface area contributed by atoms with Crippen LogP contribution in [0, 0.1) is 16.7 Å². The second kappa shape index (κ2) is 5.79. The Bertz CT molecular complexity index is 541. The molecule has 0 heterocycles. The fourth-order valence-electron chi connectivity index (χ4n) is 3.73. The van der Waals surface area contributed by atoms with Crippen molar-refractivity contribution in [3.05, 3.63) is 22.8 Å². The molecule has 1 fully saturated rings. The van der Waals surface area contributed by atoms with Crippen molar-refractivity contribution < 1.29 is 9.59 Å². The summed E-state index contributed by atoms with van der Waals surface area (Å²) in [6.07, 6.45) is 8.10. The Morgan fingerprint density at radius 1 is 0.818 bits per heavy atom. The third kappa shape index (κ3) is 3.26. The van der Waals surface area contributed by atoms with Gasteiger partial charge in [-0.1, -0.05) is 66.9 Å². The minimum atomic E-state index is -0.294. The first kappa shape index (κ1) is 17.2. The molecule has 0 saturated heterocycles. The third-order valence-electron chi connectivity index (χ3n) is 4.87. The minimum Gasteiger partial charge on any atom is -0.285 e. The van der Waals surface area contributed by atoms with Crippen molar-refractivity contribution in [2.24, 2.45) is 16.7 Å². The highest BCUT2D eigenvalue weighted by atomic mass is 16.2. The van der Waals surface area contributed by atoms with Crippen LogP contribution in [-0.4, -0.2) is 11.6 Å². The number of hydrogen-bond donors (Lipinski definition) is 0. The lowest BCUT2D eigenvalue weighted by Gasteiger charge is -2.35. The number of carbonyl (C=O) groups excluding carboxylic acids is 2. The Hall–Kier alpha value is -1.18. The Kier molecular flexibility index (Phi) is 4.52. The zero-order valence-corrected chi connectivity index (χ0v) is 15.0. The van der Waals surface area contributed by atoms with Crippen LogP contribution in [0.25, 0.3) is 0 Å². The number of ketones is 2. The molecular weight excluding hydrogens is 272 g/mol. The van der Waals surface area contributed by atoms with E-state index in [9.17, 15) is 9.59 Å². The number of hydrogen-bond acceptors (Lipinski definition) is 2. The molecule has 2 heteroatoms. The zero-order chi connectivity index (χ0) is 16.7. The number of Topliss-reactive ketones (excluding diaryl/α,β-unsaturated/α-hetero) is 2. The Morgan fingerprint density at radius 2 is 1.36 bits per heavy atom. The zero-order valence-electron chi connectivity index (χ0n) is 15.0. The molecule has 22 heavy (non-hydrogen) atoms. The molecule has 2 nitrogen and oxygen atoms in total. The molecule has 122 valence electrons. The van der Waals surface area contributed by atoms with E-state index in [0.29, 0.717) is 11.5 Å². The summed E-state index contributed by atoms with van der Waals surface area (Å²) in [6, 6.07) is 0. The van der Waals surface area contributed by atoms with Crippen molar-refractivity contribution in [1.82, 2.24) is 0 Å². The van der Waals surface area contributed by atoms with Crippen molar-refractivity contribution in [1.29, 1.82) is 0 Å². The molecule has 0 aromatic rings. The molecular formula is C20H30O2. The minimum absolute atomic E-state index is 0.263. The molecule has 1 saturated carbocycles.